The van der Waals surface area contributed by atoms with Gasteiger partial charge in [-0.2, -0.15) is 4.99 Å². The Morgan fingerprint density at radius 2 is 1.83 bits per heavy atom. The van der Waals surface area contributed by atoms with Crippen molar-refractivity contribution in [1.82, 2.24) is 4.90 Å². The smallest absolute Gasteiger partial charge is 0.347 e. The molecule has 0 radical (unpaired) electrons. The van der Waals surface area contributed by atoms with Gasteiger partial charge in [-0.25, -0.2) is 9.18 Å². The molecule has 4 N–H and O–H groups in total. The first-order valence-electron chi connectivity index (χ1n) is 7.30. The van der Waals surface area contributed by atoms with Gasteiger partial charge in [-0.15, -0.1) is 0 Å². The van der Waals surface area contributed by atoms with Gasteiger partial charge in [0.25, 0.3) is 0 Å². The van der Waals surface area contributed by atoms with Crippen LogP contribution in [0.2, 0.25) is 0 Å². The van der Waals surface area contributed by atoms with Crippen LogP contribution in [-0.4, -0.2) is 23.4 Å². The fourth-order valence-corrected chi connectivity index (χ4v) is 2.83. The lowest BCUT2D eigenvalue weighted by molar-refractivity contribution is 0.203. The molecule has 5 nitrogen and oxygen atoms in total. The molecule has 0 spiro atoms. The summed E-state index contributed by atoms with van der Waals surface area (Å²) < 4.78 is 13.1. The molecule has 1 aliphatic rings. The van der Waals surface area contributed by atoms with Crippen molar-refractivity contribution in [2.45, 2.75) is 20.4 Å². The number of carbonyl (C=O) groups is 1. The molecule has 0 aliphatic carbocycles. The van der Waals surface area contributed by atoms with Gasteiger partial charge in [-0.05, 0) is 40.8 Å². The molecule has 3 rings (SSSR count). The number of nitrogens with two attached hydrogens (primary N) is 2. The second-order valence-corrected chi connectivity index (χ2v) is 5.44. The molecule has 2 amide bonds. The number of halogens is 1. The van der Waals surface area contributed by atoms with Crippen LogP contribution in [0.3, 0.4) is 0 Å². The molecule has 0 aromatic heterocycles. The van der Waals surface area contributed by atoms with Crippen molar-refractivity contribution >= 4 is 12.0 Å². The Balaban J connectivity index is 0.00000208. The molecule has 0 saturated heterocycles. The SMILES string of the molecule is C.NC(N)=NC(=O)N1CCc2cccc(-c3ccc(F)cc3)c2C1. The Morgan fingerprint density at radius 3 is 2.50 bits per heavy atom. The highest BCUT2D eigenvalue weighted by molar-refractivity contribution is 5.90. The molecule has 24 heavy (non-hydrogen) atoms. The van der Waals surface area contributed by atoms with E-state index in [9.17, 15) is 9.18 Å². The first-order chi connectivity index (χ1) is 11.0. The zero-order chi connectivity index (χ0) is 16.4. The number of urea groups is 1. The molecule has 1 aliphatic heterocycles. The number of aliphatic imine (C=N–C) groups is 1. The number of amides is 2. The quantitative estimate of drug-likeness (QED) is 0.623. The van der Waals surface area contributed by atoms with Crippen LogP contribution in [-0.2, 0) is 13.0 Å². The van der Waals surface area contributed by atoms with Crippen LogP contribution in [0.15, 0.2) is 47.5 Å². The minimum Gasteiger partial charge on any atom is -0.370 e. The minimum atomic E-state index is -0.440. The van der Waals surface area contributed by atoms with Crippen LogP contribution >= 0.6 is 0 Å². The topological polar surface area (TPSA) is 84.7 Å². The minimum absolute atomic E-state index is 0. The zero-order valence-corrected chi connectivity index (χ0v) is 12.5. The van der Waals surface area contributed by atoms with Crippen molar-refractivity contribution in [3.63, 3.8) is 0 Å². The number of hydrogen-bond donors (Lipinski definition) is 2. The van der Waals surface area contributed by atoms with E-state index in [1.807, 2.05) is 18.2 Å². The average Bonchev–Trinajstić information content (AvgIpc) is 2.54. The Bertz CT molecular complexity index is 767. The third-order valence-corrected chi connectivity index (χ3v) is 3.92. The number of nitrogens with zero attached hydrogens (tertiary/aromatic N) is 2. The van der Waals surface area contributed by atoms with E-state index < -0.39 is 6.03 Å². The molecule has 0 atom stereocenters. The van der Waals surface area contributed by atoms with Gasteiger partial charge >= 0.3 is 6.03 Å². The highest BCUT2D eigenvalue weighted by Crippen LogP contribution is 2.30. The summed E-state index contributed by atoms with van der Waals surface area (Å²) in [6.45, 7) is 0.994. The second-order valence-electron chi connectivity index (χ2n) is 5.44. The van der Waals surface area contributed by atoms with E-state index in [0.717, 1.165) is 23.1 Å². The second kappa shape index (κ2) is 7.12. The zero-order valence-electron chi connectivity index (χ0n) is 12.5. The summed E-state index contributed by atoms with van der Waals surface area (Å²) in [7, 11) is 0. The maximum atomic E-state index is 13.1. The van der Waals surface area contributed by atoms with Crippen LogP contribution in [0.25, 0.3) is 11.1 Å². The van der Waals surface area contributed by atoms with E-state index in [1.165, 1.54) is 17.7 Å². The predicted octanol–water partition coefficient (Wildman–Crippen LogP) is 2.88. The first-order valence-corrected chi connectivity index (χ1v) is 7.30. The van der Waals surface area contributed by atoms with Crippen LogP contribution in [0.5, 0.6) is 0 Å². The van der Waals surface area contributed by atoms with Gasteiger partial charge in [-0.3, -0.25) is 0 Å². The third kappa shape index (κ3) is 3.53. The molecular weight excluding hydrogens is 307 g/mol. The summed E-state index contributed by atoms with van der Waals surface area (Å²) in [6.07, 6.45) is 0.732. The van der Waals surface area contributed by atoms with E-state index >= 15 is 0 Å². The van der Waals surface area contributed by atoms with Gasteiger partial charge in [0.15, 0.2) is 5.96 Å². The Labute approximate surface area is 140 Å². The normalized spacial score (nSPS) is 12.8. The summed E-state index contributed by atoms with van der Waals surface area (Å²) in [5, 5.41) is 0. The summed E-state index contributed by atoms with van der Waals surface area (Å²) in [5.74, 6) is -0.518. The van der Waals surface area contributed by atoms with E-state index in [-0.39, 0.29) is 19.2 Å². The maximum Gasteiger partial charge on any atom is 0.347 e. The molecule has 0 saturated carbocycles. The predicted molar refractivity (Wildman–Crippen MR) is 93.9 cm³/mol. The van der Waals surface area contributed by atoms with Crippen LogP contribution in [0, 0.1) is 5.82 Å². The summed E-state index contributed by atoms with van der Waals surface area (Å²) in [6, 6.07) is 11.9. The number of guanidine groups is 1. The Hall–Kier alpha value is -2.89. The third-order valence-electron chi connectivity index (χ3n) is 3.92. The maximum absolute atomic E-state index is 13.1. The van der Waals surface area contributed by atoms with E-state index in [0.29, 0.717) is 13.1 Å². The molecule has 0 unspecified atom stereocenters. The largest absolute Gasteiger partial charge is 0.370 e. The molecule has 0 bridgehead atoms. The van der Waals surface area contributed by atoms with Crippen molar-refractivity contribution in [3.05, 3.63) is 59.4 Å². The average molecular weight is 328 g/mol. The lowest BCUT2D eigenvalue weighted by atomic mass is 9.91. The number of rotatable bonds is 1. The molecule has 2 aromatic carbocycles. The van der Waals surface area contributed by atoms with Crippen LogP contribution in [0.1, 0.15) is 18.6 Å². The van der Waals surface area contributed by atoms with Gasteiger partial charge < -0.3 is 16.4 Å². The van der Waals surface area contributed by atoms with E-state index in [2.05, 4.69) is 4.99 Å². The number of carbonyl (C=O) groups excluding carboxylic acids is 1. The van der Waals surface area contributed by atoms with Gasteiger partial charge in [0.2, 0.25) is 0 Å². The van der Waals surface area contributed by atoms with Gasteiger partial charge in [0.05, 0.1) is 0 Å². The van der Waals surface area contributed by atoms with Gasteiger partial charge in [-0.1, -0.05) is 37.8 Å². The first kappa shape index (κ1) is 17.5. The Morgan fingerprint density at radius 1 is 1.12 bits per heavy atom. The molecule has 0 fully saturated rings. The molecule has 1 heterocycles. The molecule has 2 aromatic rings. The van der Waals surface area contributed by atoms with Crippen LogP contribution < -0.4 is 11.5 Å². The lowest BCUT2D eigenvalue weighted by Crippen LogP contribution is -2.36. The highest BCUT2D eigenvalue weighted by Gasteiger charge is 2.23. The van der Waals surface area contributed by atoms with Crippen molar-refractivity contribution in [3.8, 4) is 11.1 Å². The fourth-order valence-electron chi connectivity index (χ4n) is 2.83. The molecule has 6 heteroatoms. The van der Waals surface area contributed by atoms with E-state index in [4.69, 9.17) is 11.5 Å². The summed E-state index contributed by atoms with van der Waals surface area (Å²) in [4.78, 5) is 17.2. The van der Waals surface area contributed by atoms with Crippen molar-refractivity contribution in [2.75, 3.05) is 6.54 Å². The van der Waals surface area contributed by atoms with Crippen molar-refractivity contribution < 1.29 is 9.18 Å². The van der Waals surface area contributed by atoms with Gasteiger partial charge in [0.1, 0.15) is 5.82 Å². The highest BCUT2D eigenvalue weighted by atomic mass is 19.1. The number of hydrogen-bond acceptors (Lipinski definition) is 1. The van der Waals surface area contributed by atoms with E-state index in [1.54, 1.807) is 17.0 Å². The summed E-state index contributed by atoms with van der Waals surface area (Å²) in [5.41, 5.74) is 14.7. The number of fused-ring (bicyclic) bond motifs is 1. The Kier molecular flexibility index (Phi) is 5.18. The van der Waals surface area contributed by atoms with Crippen molar-refractivity contribution in [2.24, 2.45) is 16.5 Å². The molecule has 126 valence electrons. The standard InChI is InChI=1S/C17H17FN4O.CH4/c18-13-6-4-12(5-7-13)14-3-1-2-11-8-9-22(10-15(11)14)17(23)21-16(19)20;/h1-7H,8-10H2,(H4,19,20,21,23);1H4. The van der Waals surface area contributed by atoms with Crippen molar-refractivity contribution in [1.29, 1.82) is 0 Å². The van der Waals surface area contributed by atoms with Gasteiger partial charge in [0, 0.05) is 13.1 Å². The summed E-state index contributed by atoms with van der Waals surface area (Å²) >= 11 is 0. The number of benzene rings is 2. The molecular formula is C18H21FN4O. The van der Waals surface area contributed by atoms with Crippen LogP contribution in [0.4, 0.5) is 9.18 Å². The lowest BCUT2D eigenvalue weighted by Gasteiger charge is -2.29. The fraction of sp³-hybridized carbons (Fsp3) is 0.222. The monoisotopic (exact) mass is 328 g/mol.